The molecule has 7 heteroatoms. The number of pyridine rings is 1. The molecule has 0 aliphatic carbocycles. The average Bonchev–Trinajstić information content (AvgIpc) is 2.70. The van der Waals surface area contributed by atoms with Crippen LogP contribution in [-0.4, -0.2) is 28.0 Å². The number of rotatable bonds is 2. The molecule has 0 amide bonds. The fourth-order valence-electron chi connectivity index (χ4n) is 3.41. The zero-order valence-corrected chi connectivity index (χ0v) is 10.9. The summed E-state index contributed by atoms with van der Waals surface area (Å²) in [5, 5.41) is 19.9. The van der Waals surface area contributed by atoms with E-state index >= 15 is 0 Å². The van der Waals surface area contributed by atoms with E-state index in [-0.39, 0.29) is 17.4 Å². The third-order valence-corrected chi connectivity index (χ3v) is 4.20. The lowest BCUT2D eigenvalue weighted by Crippen LogP contribution is -2.47. The molecule has 20 heavy (non-hydrogen) atoms. The summed E-state index contributed by atoms with van der Waals surface area (Å²) in [7, 11) is 0. The molecule has 0 aromatic carbocycles. The van der Waals surface area contributed by atoms with Crippen molar-refractivity contribution in [2.45, 2.75) is 43.8 Å². The molecule has 2 unspecified atom stereocenters. The van der Waals surface area contributed by atoms with Crippen molar-refractivity contribution in [3.05, 3.63) is 27.9 Å². The normalized spacial score (nSPS) is 28.2. The SMILES string of the molecule is N#Cc1nc(N2C3CCC2CC(N)C3)ccc1[N+](=O)[O-]. The van der Waals surface area contributed by atoms with Crippen molar-refractivity contribution >= 4 is 11.5 Å². The van der Waals surface area contributed by atoms with Gasteiger partial charge in [0.05, 0.1) is 4.92 Å². The number of nitro groups is 1. The Morgan fingerprint density at radius 2 is 2.05 bits per heavy atom. The number of fused-ring (bicyclic) bond motifs is 2. The Labute approximate surface area is 116 Å². The van der Waals surface area contributed by atoms with E-state index in [1.165, 1.54) is 6.07 Å². The van der Waals surface area contributed by atoms with Gasteiger partial charge < -0.3 is 10.6 Å². The monoisotopic (exact) mass is 273 g/mol. The molecule has 1 aromatic heterocycles. The number of nitriles is 1. The van der Waals surface area contributed by atoms with Gasteiger partial charge in [-0.1, -0.05) is 0 Å². The van der Waals surface area contributed by atoms with Gasteiger partial charge in [-0.25, -0.2) is 4.98 Å². The summed E-state index contributed by atoms with van der Waals surface area (Å²) in [6.07, 6.45) is 3.96. The summed E-state index contributed by atoms with van der Waals surface area (Å²) in [5.74, 6) is 0.659. The second-order valence-electron chi connectivity index (χ2n) is 5.43. The molecule has 3 heterocycles. The van der Waals surface area contributed by atoms with E-state index < -0.39 is 4.92 Å². The van der Waals surface area contributed by atoms with Crippen molar-refractivity contribution < 1.29 is 4.92 Å². The predicted octanol–water partition coefficient (Wildman–Crippen LogP) is 1.32. The number of nitrogens with two attached hydrogens (primary N) is 1. The van der Waals surface area contributed by atoms with E-state index in [1.54, 1.807) is 6.07 Å². The van der Waals surface area contributed by atoms with Crippen molar-refractivity contribution in [2.75, 3.05) is 4.90 Å². The number of hydrogen-bond donors (Lipinski definition) is 1. The van der Waals surface area contributed by atoms with Gasteiger partial charge in [-0.2, -0.15) is 5.26 Å². The van der Waals surface area contributed by atoms with Crippen LogP contribution >= 0.6 is 0 Å². The van der Waals surface area contributed by atoms with Crippen LogP contribution in [0.25, 0.3) is 0 Å². The number of anilines is 1. The third-order valence-electron chi connectivity index (χ3n) is 4.20. The van der Waals surface area contributed by atoms with Crippen LogP contribution in [0.15, 0.2) is 12.1 Å². The highest BCUT2D eigenvalue weighted by Crippen LogP contribution is 2.38. The quantitative estimate of drug-likeness (QED) is 0.643. The lowest BCUT2D eigenvalue weighted by atomic mass is 9.98. The summed E-state index contributed by atoms with van der Waals surface area (Å²) in [4.78, 5) is 16.6. The van der Waals surface area contributed by atoms with Gasteiger partial charge in [0.2, 0.25) is 5.69 Å². The summed E-state index contributed by atoms with van der Waals surface area (Å²) >= 11 is 0. The van der Waals surface area contributed by atoms with Gasteiger partial charge >= 0.3 is 5.69 Å². The van der Waals surface area contributed by atoms with E-state index in [0.717, 1.165) is 25.7 Å². The van der Waals surface area contributed by atoms with Gasteiger partial charge in [0.25, 0.3) is 0 Å². The second-order valence-corrected chi connectivity index (χ2v) is 5.43. The third kappa shape index (κ3) is 1.98. The van der Waals surface area contributed by atoms with E-state index in [4.69, 9.17) is 11.0 Å². The fraction of sp³-hybridized carbons (Fsp3) is 0.538. The highest BCUT2D eigenvalue weighted by Gasteiger charge is 2.40. The summed E-state index contributed by atoms with van der Waals surface area (Å²) < 4.78 is 0. The zero-order valence-electron chi connectivity index (χ0n) is 10.9. The first kappa shape index (κ1) is 12.8. The number of piperidine rings is 1. The zero-order chi connectivity index (χ0) is 14.3. The molecule has 2 bridgehead atoms. The second kappa shape index (κ2) is 4.72. The van der Waals surface area contributed by atoms with Crippen LogP contribution in [0, 0.1) is 21.4 Å². The Kier molecular flexibility index (Phi) is 3.03. The smallest absolute Gasteiger partial charge is 0.305 e. The lowest BCUT2D eigenvalue weighted by molar-refractivity contribution is -0.385. The van der Waals surface area contributed by atoms with E-state index in [9.17, 15) is 10.1 Å². The van der Waals surface area contributed by atoms with E-state index in [2.05, 4.69) is 9.88 Å². The molecule has 2 aliphatic rings. The lowest BCUT2D eigenvalue weighted by Gasteiger charge is -2.38. The molecule has 2 saturated heterocycles. The van der Waals surface area contributed by atoms with E-state index in [1.807, 2.05) is 6.07 Å². The molecule has 2 atom stereocenters. The molecular formula is C13H15N5O2. The molecule has 7 nitrogen and oxygen atoms in total. The van der Waals surface area contributed by atoms with Gasteiger partial charge in [-0.15, -0.1) is 0 Å². The number of nitrogens with zero attached hydrogens (tertiary/aromatic N) is 4. The minimum absolute atomic E-state index is 0.123. The maximum atomic E-state index is 10.8. The van der Waals surface area contributed by atoms with Crippen LogP contribution in [0.1, 0.15) is 31.4 Å². The highest BCUT2D eigenvalue weighted by molar-refractivity contribution is 5.53. The van der Waals surface area contributed by atoms with Crippen LogP contribution in [0.2, 0.25) is 0 Å². The molecule has 2 fully saturated rings. The minimum Gasteiger partial charge on any atom is -0.350 e. The average molecular weight is 273 g/mol. The Bertz CT molecular complexity index is 583. The molecule has 2 N–H and O–H groups in total. The fourth-order valence-corrected chi connectivity index (χ4v) is 3.41. The Morgan fingerprint density at radius 1 is 1.40 bits per heavy atom. The van der Waals surface area contributed by atoms with Crippen molar-refractivity contribution in [3.63, 3.8) is 0 Å². The van der Waals surface area contributed by atoms with Crippen molar-refractivity contribution in [3.8, 4) is 6.07 Å². The Morgan fingerprint density at radius 3 is 2.60 bits per heavy atom. The molecule has 0 spiro atoms. The Balaban J connectivity index is 1.96. The van der Waals surface area contributed by atoms with Crippen molar-refractivity contribution in [1.29, 1.82) is 5.26 Å². The van der Waals surface area contributed by atoms with Gasteiger partial charge in [0, 0.05) is 24.2 Å². The first-order chi connectivity index (χ1) is 9.60. The summed E-state index contributed by atoms with van der Waals surface area (Å²) in [6.45, 7) is 0. The molecule has 0 saturated carbocycles. The van der Waals surface area contributed by atoms with Crippen LogP contribution < -0.4 is 10.6 Å². The highest BCUT2D eigenvalue weighted by atomic mass is 16.6. The van der Waals surface area contributed by atoms with Crippen molar-refractivity contribution in [2.24, 2.45) is 5.73 Å². The minimum atomic E-state index is -0.573. The van der Waals surface area contributed by atoms with Crippen LogP contribution in [0.5, 0.6) is 0 Å². The molecule has 0 radical (unpaired) electrons. The maximum absolute atomic E-state index is 10.8. The van der Waals surface area contributed by atoms with Gasteiger partial charge in [-0.3, -0.25) is 10.1 Å². The topological polar surface area (TPSA) is 109 Å². The molecule has 104 valence electrons. The number of hydrogen-bond acceptors (Lipinski definition) is 6. The molecular weight excluding hydrogens is 258 g/mol. The van der Waals surface area contributed by atoms with Crippen LogP contribution in [0.3, 0.4) is 0 Å². The number of aromatic nitrogens is 1. The molecule has 1 aromatic rings. The summed E-state index contributed by atoms with van der Waals surface area (Å²) in [6, 6.07) is 5.72. The van der Waals surface area contributed by atoms with E-state index in [0.29, 0.717) is 17.9 Å². The largest absolute Gasteiger partial charge is 0.350 e. The maximum Gasteiger partial charge on any atom is 0.305 e. The predicted molar refractivity (Wildman–Crippen MR) is 72.1 cm³/mol. The van der Waals surface area contributed by atoms with Gasteiger partial charge in [-0.05, 0) is 31.7 Å². The Hall–Kier alpha value is -2.20. The van der Waals surface area contributed by atoms with Crippen LogP contribution in [0.4, 0.5) is 11.5 Å². The molecule has 2 aliphatic heterocycles. The van der Waals surface area contributed by atoms with Gasteiger partial charge in [0.1, 0.15) is 11.9 Å². The molecule has 3 rings (SSSR count). The van der Waals surface area contributed by atoms with Crippen molar-refractivity contribution in [1.82, 2.24) is 4.98 Å². The standard InChI is InChI=1S/C13H15N5O2/c14-7-11-12(18(19)20)3-4-13(16-11)17-9-1-2-10(17)6-8(15)5-9/h3-4,8-10H,1-2,5-6,15H2. The van der Waals surface area contributed by atoms with Crippen LogP contribution in [-0.2, 0) is 0 Å². The first-order valence-electron chi connectivity index (χ1n) is 6.69. The first-order valence-corrected chi connectivity index (χ1v) is 6.69. The summed E-state index contributed by atoms with van der Waals surface area (Å²) in [5.41, 5.74) is 5.67. The van der Waals surface area contributed by atoms with Gasteiger partial charge in [0.15, 0.2) is 0 Å².